The maximum atomic E-state index is 6.58. The molecular weight excluding hydrogens is 88.1 g/mol. The molecule has 0 saturated carbocycles. The van der Waals surface area contributed by atoms with Gasteiger partial charge < -0.3 is 4.74 Å². The molecule has 0 bridgehead atoms. The third kappa shape index (κ3) is 2.24. The SMILES string of the molecule is [C]#CC(CC)OC. The summed E-state index contributed by atoms with van der Waals surface area (Å²) < 4.78 is 4.75. The summed E-state index contributed by atoms with van der Waals surface area (Å²) in [7, 11) is 1.58. The molecule has 0 fully saturated rings. The van der Waals surface area contributed by atoms with Crippen LogP contribution in [0.5, 0.6) is 0 Å². The molecule has 7 heavy (non-hydrogen) atoms. The Morgan fingerprint density at radius 1 is 1.86 bits per heavy atom. The van der Waals surface area contributed by atoms with Gasteiger partial charge in [-0.1, -0.05) is 12.8 Å². The molecule has 0 aromatic heterocycles. The second-order valence-electron chi connectivity index (χ2n) is 1.28. The minimum atomic E-state index is -0.0972. The first-order chi connectivity index (χ1) is 3.35. The van der Waals surface area contributed by atoms with Gasteiger partial charge in [0.1, 0.15) is 6.10 Å². The first-order valence-electron chi connectivity index (χ1n) is 2.30. The Balaban J connectivity index is 3.23. The normalized spacial score (nSPS) is 12.7. The lowest BCUT2D eigenvalue weighted by atomic mass is 10.3. The third-order valence-corrected chi connectivity index (χ3v) is 0.816. The van der Waals surface area contributed by atoms with Crippen molar-refractivity contribution in [2.75, 3.05) is 7.11 Å². The minimum Gasteiger partial charge on any atom is -0.369 e. The Morgan fingerprint density at radius 3 is 2.43 bits per heavy atom. The molecule has 0 spiro atoms. The van der Waals surface area contributed by atoms with Crippen molar-refractivity contribution in [1.82, 2.24) is 0 Å². The predicted molar refractivity (Wildman–Crippen MR) is 28.2 cm³/mol. The van der Waals surface area contributed by atoms with Crippen LogP contribution in [0.3, 0.4) is 0 Å². The third-order valence-electron chi connectivity index (χ3n) is 0.816. The molecule has 1 heteroatoms. The molecule has 0 rings (SSSR count). The molecule has 0 aliphatic carbocycles. The van der Waals surface area contributed by atoms with Crippen LogP contribution in [0.1, 0.15) is 13.3 Å². The number of rotatable bonds is 2. The molecule has 1 unspecified atom stereocenters. The van der Waals surface area contributed by atoms with E-state index in [9.17, 15) is 0 Å². The van der Waals surface area contributed by atoms with Crippen molar-refractivity contribution in [3.8, 4) is 5.92 Å². The van der Waals surface area contributed by atoms with E-state index < -0.39 is 0 Å². The fraction of sp³-hybridized carbons (Fsp3) is 0.667. The lowest BCUT2D eigenvalue weighted by molar-refractivity contribution is 0.145. The highest BCUT2D eigenvalue weighted by molar-refractivity contribution is 4.86. The Hall–Kier alpha value is -0.480. The second-order valence-corrected chi connectivity index (χ2v) is 1.28. The van der Waals surface area contributed by atoms with Gasteiger partial charge in [0, 0.05) is 7.11 Å². The summed E-state index contributed by atoms with van der Waals surface area (Å²) in [6, 6.07) is 0. The second kappa shape index (κ2) is 3.70. The first kappa shape index (κ1) is 6.52. The van der Waals surface area contributed by atoms with E-state index in [4.69, 9.17) is 11.2 Å². The van der Waals surface area contributed by atoms with Gasteiger partial charge in [0.25, 0.3) is 0 Å². The van der Waals surface area contributed by atoms with E-state index in [-0.39, 0.29) is 6.10 Å². The summed E-state index contributed by atoms with van der Waals surface area (Å²) in [5.41, 5.74) is 0. The smallest absolute Gasteiger partial charge is 0.118 e. The standard InChI is InChI=1S/C6H9O/c1-4-6(5-2)7-3/h6H,4H2,1,3H3. The van der Waals surface area contributed by atoms with E-state index in [2.05, 4.69) is 5.92 Å². The van der Waals surface area contributed by atoms with Crippen LogP contribution >= 0.6 is 0 Å². The van der Waals surface area contributed by atoms with Crippen LogP contribution in [-0.4, -0.2) is 13.2 Å². The number of hydrogen-bond donors (Lipinski definition) is 0. The largest absolute Gasteiger partial charge is 0.369 e. The molecule has 0 N–H and O–H groups in total. The predicted octanol–water partition coefficient (Wildman–Crippen LogP) is 1.00. The molecule has 1 atom stereocenters. The molecule has 0 amide bonds. The quantitative estimate of drug-likeness (QED) is 0.467. The molecule has 0 aromatic rings. The van der Waals surface area contributed by atoms with Crippen molar-refractivity contribution in [3.63, 3.8) is 0 Å². The van der Waals surface area contributed by atoms with E-state index >= 15 is 0 Å². The van der Waals surface area contributed by atoms with E-state index in [1.165, 1.54) is 0 Å². The Bertz CT molecular complexity index is 66.7. The van der Waals surface area contributed by atoms with Crippen molar-refractivity contribution >= 4 is 0 Å². The summed E-state index contributed by atoms with van der Waals surface area (Å²) in [6.45, 7) is 1.95. The van der Waals surface area contributed by atoms with E-state index in [0.29, 0.717) is 0 Å². The molecule has 0 aliphatic heterocycles. The molecule has 1 radical (unpaired) electrons. The summed E-state index contributed by atoms with van der Waals surface area (Å²) in [5.74, 6) is 2.23. The van der Waals surface area contributed by atoms with Crippen LogP contribution in [0, 0.1) is 12.3 Å². The zero-order valence-electron chi connectivity index (χ0n) is 4.69. The molecule has 0 saturated heterocycles. The Morgan fingerprint density at radius 2 is 2.43 bits per heavy atom. The average molecular weight is 97.1 g/mol. The van der Waals surface area contributed by atoms with Gasteiger partial charge in [-0.25, -0.2) is 0 Å². The van der Waals surface area contributed by atoms with Crippen LogP contribution in [0.4, 0.5) is 0 Å². The fourth-order valence-corrected chi connectivity index (χ4v) is 0.328. The van der Waals surface area contributed by atoms with Gasteiger partial charge in [-0.3, -0.25) is 0 Å². The molecule has 0 aromatic carbocycles. The van der Waals surface area contributed by atoms with Gasteiger partial charge >= 0.3 is 0 Å². The fourth-order valence-electron chi connectivity index (χ4n) is 0.328. The van der Waals surface area contributed by atoms with Crippen LogP contribution < -0.4 is 0 Å². The highest BCUT2D eigenvalue weighted by Crippen LogP contribution is 1.90. The molecule has 0 heterocycles. The van der Waals surface area contributed by atoms with Crippen molar-refractivity contribution in [2.24, 2.45) is 0 Å². The average Bonchev–Trinajstić information content (AvgIpc) is 1.72. The van der Waals surface area contributed by atoms with Gasteiger partial charge in [-0.05, 0) is 12.8 Å². The topological polar surface area (TPSA) is 9.23 Å². The summed E-state index contributed by atoms with van der Waals surface area (Å²) in [5, 5.41) is 0. The highest BCUT2D eigenvalue weighted by atomic mass is 16.5. The number of methoxy groups -OCH3 is 1. The molecular formula is C6H9O. The van der Waals surface area contributed by atoms with Crippen molar-refractivity contribution in [1.29, 1.82) is 0 Å². The van der Waals surface area contributed by atoms with E-state index in [1.54, 1.807) is 7.11 Å². The van der Waals surface area contributed by atoms with E-state index in [0.717, 1.165) is 6.42 Å². The van der Waals surface area contributed by atoms with Crippen LogP contribution in [-0.2, 0) is 4.74 Å². The lowest BCUT2D eigenvalue weighted by Crippen LogP contribution is -2.03. The highest BCUT2D eigenvalue weighted by Gasteiger charge is 1.93. The van der Waals surface area contributed by atoms with Crippen molar-refractivity contribution in [3.05, 3.63) is 6.42 Å². The summed E-state index contributed by atoms with van der Waals surface area (Å²) in [6.07, 6.45) is 7.32. The maximum Gasteiger partial charge on any atom is 0.118 e. The lowest BCUT2D eigenvalue weighted by Gasteiger charge is -2.00. The maximum absolute atomic E-state index is 6.58. The van der Waals surface area contributed by atoms with Gasteiger partial charge in [0.15, 0.2) is 0 Å². The number of hydrogen-bond acceptors (Lipinski definition) is 1. The van der Waals surface area contributed by atoms with Gasteiger partial charge in [-0.15, -0.1) is 0 Å². The molecule has 0 aliphatic rings. The first-order valence-corrected chi connectivity index (χ1v) is 2.30. The van der Waals surface area contributed by atoms with Crippen LogP contribution in [0.2, 0.25) is 0 Å². The monoisotopic (exact) mass is 97.1 g/mol. The van der Waals surface area contributed by atoms with E-state index in [1.807, 2.05) is 6.92 Å². The van der Waals surface area contributed by atoms with Gasteiger partial charge in [-0.2, -0.15) is 0 Å². The zero-order valence-corrected chi connectivity index (χ0v) is 4.69. The molecule has 1 nitrogen and oxygen atoms in total. The van der Waals surface area contributed by atoms with Crippen molar-refractivity contribution in [2.45, 2.75) is 19.4 Å². The van der Waals surface area contributed by atoms with Gasteiger partial charge in [0.2, 0.25) is 0 Å². The molecule has 39 valence electrons. The Kier molecular flexibility index (Phi) is 3.45. The van der Waals surface area contributed by atoms with Crippen LogP contribution in [0.15, 0.2) is 0 Å². The van der Waals surface area contributed by atoms with Gasteiger partial charge in [0.05, 0.1) is 0 Å². The van der Waals surface area contributed by atoms with Crippen molar-refractivity contribution < 1.29 is 4.74 Å². The minimum absolute atomic E-state index is 0.0972. The van der Waals surface area contributed by atoms with Crippen LogP contribution in [0.25, 0.3) is 0 Å². The summed E-state index contributed by atoms with van der Waals surface area (Å²) in [4.78, 5) is 0. The zero-order chi connectivity index (χ0) is 5.70. The Labute approximate surface area is 44.7 Å². The summed E-state index contributed by atoms with van der Waals surface area (Å²) >= 11 is 0. The number of ether oxygens (including phenoxy) is 1.